The molecule has 0 bridgehead atoms. The molecule has 13 heavy (non-hydrogen) atoms. The molecule has 0 aliphatic carbocycles. The van der Waals surface area contributed by atoms with Gasteiger partial charge in [-0.2, -0.15) is 0 Å². The van der Waals surface area contributed by atoms with Gasteiger partial charge in [0, 0.05) is 11.1 Å². The molecule has 1 aromatic rings. The maximum absolute atomic E-state index is 12.9. The molecule has 2 N–H and O–H groups in total. The van der Waals surface area contributed by atoms with E-state index < -0.39 is 0 Å². The van der Waals surface area contributed by atoms with Crippen LogP contribution in [0.5, 0.6) is 0 Å². The summed E-state index contributed by atoms with van der Waals surface area (Å²) in [5.41, 5.74) is 6.55. The lowest BCUT2D eigenvalue weighted by molar-refractivity contribution is 0.594. The maximum Gasteiger partial charge on any atom is 0.124 e. The minimum atomic E-state index is -0.310. The highest BCUT2D eigenvalue weighted by Gasteiger charge is 2.11. The molecule has 3 heteroatoms. The highest BCUT2D eigenvalue weighted by atomic mass is 35.5. The lowest BCUT2D eigenvalue weighted by atomic mass is 9.95. The van der Waals surface area contributed by atoms with Crippen LogP contribution >= 0.6 is 11.6 Å². The van der Waals surface area contributed by atoms with Gasteiger partial charge < -0.3 is 5.73 Å². The molecule has 1 nitrogen and oxygen atoms in total. The van der Waals surface area contributed by atoms with Crippen molar-refractivity contribution < 1.29 is 4.39 Å². The maximum atomic E-state index is 12.9. The highest BCUT2D eigenvalue weighted by Crippen LogP contribution is 2.22. The number of nitrogens with two attached hydrogens (primary N) is 1. The minimum Gasteiger partial charge on any atom is -0.327 e. The summed E-state index contributed by atoms with van der Waals surface area (Å²) < 4.78 is 12.9. The van der Waals surface area contributed by atoms with Gasteiger partial charge in [-0.15, -0.1) is 0 Å². The van der Waals surface area contributed by atoms with Crippen LogP contribution in [0.25, 0.3) is 0 Å². The van der Waals surface area contributed by atoms with Crippen molar-refractivity contribution in [2.24, 2.45) is 5.73 Å². The molecule has 1 rings (SSSR count). The fourth-order valence-electron chi connectivity index (χ4n) is 1.14. The molecule has 2 atom stereocenters. The topological polar surface area (TPSA) is 26.0 Å². The van der Waals surface area contributed by atoms with Gasteiger partial charge in [-0.1, -0.05) is 18.5 Å². The van der Waals surface area contributed by atoms with Crippen LogP contribution in [0.4, 0.5) is 4.39 Å². The predicted molar refractivity (Wildman–Crippen MR) is 53.5 cm³/mol. The summed E-state index contributed by atoms with van der Waals surface area (Å²) in [5.74, 6) is -0.191. The minimum absolute atomic E-state index is 0.00198. The van der Waals surface area contributed by atoms with Gasteiger partial charge in [-0.25, -0.2) is 4.39 Å². The Morgan fingerprint density at radius 3 is 2.38 bits per heavy atom. The Morgan fingerprint density at radius 1 is 1.31 bits per heavy atom. The third-order valence-electron chi connectivity index (χ3n) is 2.20. The Labute approximate surface area is 82.7 Å². The van der Waals surface area contributed by atoms with Crippen LogP contribution in [0.1, 0.15) is 25.3 Å². The summed E-state index contributed by atoms with van der Waals surface area (Å²) in [4.78, 5) is 0. The molecule has 0 radical (unpaired) electrons. The summed E-state index contributed by atoms with van der Waals surface area (Å²) in [6.07, 6.45) is 0. The van der Waals surface area contributed by atoms with Crippen molar-refractivity contribution in [1.29, 1.82) is 0 Å². The summed E-state index contributed by atoms with van der Waals surface area (Å²) in [5, 5.41) is 0.419. The third kappa shape index (κ3) is 2.68. The second-order valence-corrected chi connectivity index (χ2v) is 3.79. The SMILES string of the molecule is CC(c1cc(F)cc(Cl)c1)[C@@H](C)N. The summed E-state index contributed by atoms with van der Waals surface area (Å²) in [6, 6.07) is 4.51. The number of halogens is 2. The van der Waals surface area contributed by atoms with Crippen molar-refractivity contribution in [1.82, 2.24) is 0 Å². The van der Waals surface area contributed by atoms with Gasteiger partial charge in [0.05, 0.1) is 0 Å². The first-order valence-corrected chi connectivity index (χ1v) is 4.60. The molecule has 1 unspecified atom stereocenters. The van der Waals surface area contributed by atoms with E-state index in [0.717, 1.165) is 5.56 Å². The van der Waals surface area contributed by atoms with E-state index in [2.05, 4.69) is 0 Å². The van der Waals surface area contributed by atoms with Crippen molar-refractivity contribution in [2.75, 3.05) is 0 Å². The Bertz CT molecular complexity index is 279. The first-order chi connectivity index (χ1) is 6.00. The van der Waals surface area contributed by atoms with Crippen LogP contribution in [0, 0.1) is 5.82 Å². The molecule has 0 aromatic heterocycles. The van der Waals surface area contributed by atoms with Crippen molar-refractivity contribution in [3.05, 3.63) is 34.6 Å². The van der Waals surface area contributed by atoms with Crippen molar-refractivity contribution in [3.63, 3.8) is 0 Å². The summed E-state index contributed by atoms with van der Waals surface area (Å²) >= 11 is 5.72. The normalized spacial score (nSPS) is 15.5. The fraction of sp³-hybridized carbons (Fsp3) is 0.400. The van der Waals surface area contributed by atoms with Crippen molar-refractivity contribution >= 4 is 11.6 Å². The first kappa shape index (κ1) is 10.5. The van der Waals surface area contributed by atoms with Crippen molar-refractivity contribution in [3.8, 4) is 0 Å². The largest absolute Gasteiger partial charge is 0.327 e. The van der Waals surface area contributed by atoms with Gasteiger partial charge in [0.1, 0.15) is 5.82 Å². The molecule has 0 fully saturated rings. The molecule has 0 heterocycles. The Kier molecular flexibility index (Phi) is 3.28. The van der Waals surface area contributed by atoms with Crippen LogP contribution in [0.3, 0.4) is 0 Å². The molecule has 0 saturated carbocycles. The zero-order valence-corrected chi connectivity index (χ0v) is 8.48. The molecular weight excluding hydrogens is 189 g/mol. The Balaban J connectivity index is 3.01. The van der Waals surface area contributed by atoms with Crippen LogP contribution in [-0.2, 0) is 0 Å². The zero-order valence-electron chi connectivity index (χ0n) is 7.72. The fourth-order valence-corrected chi connectivity index (χ4v) is 1.37. The van der Waals surface area contributed by atoms with E-state index >= 15 is 0 Å². The number of hydrogen-bond acceptors (Lipinski definition) is 1. The Hall–Kier alpha value is -0.600. The van der Waals surface area contributed by atoms with E-state index in [4.69, 9.17) is 17.3 Å². The molecule has 0 aliphatic heterocycles. The summed E-state index contributed by atoms with van der Waals surface area (Å²) in [7, 11) is 0. The molecular formula is C10H13ClFN. The van der Waals surface area contributed by atoms with E-state index in [9.17, 15) is 4.39 Å². The van der Waals surface area contributed by atoms with Crippen molar-refractivity contribution in [2.45, 2.75) is 25.8 Å². The molecule has 0 aliphatic rings. The van der Waals surface area contributed by atoms with Gasteiger partial charge >= 0.3 is 0 Å². The lowest BCUT2D eigenvalue weighted by Gasteiger charge is -2.16. The standard InChI is InChI=1S/C10H13ClFN/c1-6(7(2)13)8-3-9(11)5-10(12)4-8/h3-7H,13H2,1-2H3/t6?,7-/m1/s1. The Morgan fingerprint density at radius 2 is 1.92 bits per heavy atom. The van der Waals surface area contributed by atoms with Crippen LogP contribution in [0.2, 0.25) is 5.02 Å². The zero-order chi connectivity index (χ0) is 10.0. The number of rotatable bonds is 2. The van der Waals surface area contributed by atoms with Gasteiger partial charge in [0.25, 0.3) is 0 Å². The number of hydrogen-bond donors (Lipinski definition) is 1. The van der Waals surface area contributed by atoms with Crippen LogP contribution in [0.15, 0.2) is 18.2 Å². The molecule has 0 saturated heterocycles. The smallest absolute Gasteiger partial charge is 0.124 e. The second-order valence-electron chi connectivity index (χ2n) is 3.35. The first-order valence-electron chi connectivity index (χ1n) is 4.22. The van der Waals surface area contributed by atoms with E-state index in [1.807, 2.05) is 13.8 Å². The lowest BCUT2D eigenvalue weighted by Crippen LogP contribution is -2.22. The van der Waals surface area contributed by atoms with Gasteiger partial charge in [0.15, 0.2) is 0 Å². The average Bonchev–Trinajstić information content (AvgIpc) is 2.01. The average molecular weight is 202 g/mol. The predicted octanol–water partition coefficient (Wildman–Crippen LogP) is 2.93. The molecule has 72 valence electrons. The third-order valence-corrected chi connectivity index (χ3v) is 2.42. The molecule has 0 amide bonds. The van der Waals surface area contributed by atoms with Gasteiger partial charge in [-0.05, 0) is 36.6 Å². The van der Waals surface area contributed by atoms with Gasteiger partial charge in [-0.3, -0.25) is 0 Å². The number of benzene rings is 1. The van der Waals surface area contributed by atoms with E-state index in [0.29, 0.717) is 5.02 Å². The summed E-state index contributed by atoms with van der Waals surface area (Å²) in [6.45, 7) is 3.85. The van der Waals surface area contributed by atoms with E-state index in [-0.39, 0.29) is 17.8 Å². The molecule has 0 spiro atoms. The van der Waals surface area contributed by atoms with Gasteiger partial charge in [0.2, 0.25) is 0 Å². The second kappa shape index (κ2) is 4.07. The van der Waals surface area contributed by atoms with E-state index in [1.54, 1.807) is 6.07 Å². The van der Waals surface area contributed by atoms with E-state index in [1.165, 1.54) is 12.1 Å². The monoisotopic (exact) mass is 201 g/mol. The quantitative estimate of drug-likeness (QED) is 0.783. The van der Waals surface area contributed by atoms with Crippen LogP contribution in [-0.4, -0.2) is 6.04 Å². The highest BCUT2D eigenvalue weighted by molar-refractivity contribution is 6.30. The molecule has 1 aromatic carbocycles. The van der Waals surface area contributed by atoms with Crippen LogP contribution < -0.4 is 5.73 Å².